The Kier molecular flexibility index (Phi) is 11.1. The number of carbonyl (C=O) groups is 2. The van der Waals surface area contributed by atoms with E-state index in [9.17, 15) is 22.4 Å². The van der Waals surface area contributed by atoms with Gasteiger partial charge >= 0.3 is 0 Å². The van der Waals surface area contributed by atoms with Gasteiger partial charge in [0.25, 0.3) is 10.0 Å². The molecular weight excluding hydrogens is 533 g/mol. The van der Waals surface area contributed by atoms with E-state index < -0.39 is 34.3 Å². The molecule has 1 unspecified atom stereocenters. The quantitative estimate of drug-likeness (QED) is 0.302. The molecule has 1 atom stereocenters. The first-order valence-electron chi connectivity index (χ1n) is 13.3. The van der Waals surface area contributed by atoms with Crippen molar-refractivity contribution in [3.8, 4) is 5.75 Å². The third kappa shape index (κ3) is 7.81. The summed E-state index contributed by atoms with van der Waals surface area (Å²) >= 11 is 0. The zero-order chi connectivity index (χ0) is 29.1. The standard InChI is InChI=1S/C30H36FN3O5S/c1-4-20-32-30(36)28(5-2)33(21-23-10-8-7-9-11-23)29(35)22-34(25-14-16-26(17-15-25)39-6-3)40(37,38)27-18-12-24(31)13-19-27/h7-19,28H,4-6,20-22H2,1-3H3,(H,32,36). The van der Waals surface area contributed by atoms with Gasteiger partial charge in [-0.05, 0) is 73.9 Å². The topological polar surface area (TPSA) is 96.0 Å². The lowest BCUT2D eigenvalue weighted by atomic mass is 10.1. The van der Waals surface area contributed by atoms with Gasteiger partial charge in [-0.1, -0.05) is 44.2 Å². The summed E-state index contributed by atoms with van der Waals surface area (Å²) < 4.78 is 47.7. The van der Waals surface area contributed by atoms with E-state index in [1.807, 2.05) is 44.2 Å². The molecule has 40 heavy (non-hydrogen) atoms. The number of amides is 2. The van der Waals surface area contributed by atoms with E-state index in [1.54, 1.807) is 31.2 Å². The monoisotopic (exact) mass is 569 g/mol. The Hall–Kier alpha value is -3.92. The van der Waals surface area contributed by atoms with Gasteiger partial charge in [0, 0.05) is 13.1 Å². The van der Waals surface area contributed by atoms with Gasteiger partial charge in [0.1, 0.15) is 24.2 Å². The average molecular weight is 570 g/mol. The Labute approximate surface area is 235 Å². The van der Waals surface area contributed by atoms with Crippen LogP contribution in [0.4, 0.5) is 10.1 Å². The highest BCUT2D eigenvalue weighted by Gasteiger charge is 2.33. The van der Waals surface area contributed by atoms with Crippen molar-refractivity contribution in [2.45, 2.75) is 51.1 Å². The number of benzene rings is 3. The molecule has 10 heteroatoms. The fourth-order valence-electron chi connectivity index (χ4n) is 4.20. The lowest BCUT2D eigenvalue weighted by molar-refractivity contribution is -0.140. The van der Waals surface area contributed by atoms with E-state index in [2.05, 4.69) is 5.32 Å². The molecule has 0 saturated heterocycles. The maximum absolute atomic E-state index is 14.0. The molecule has 3 rings (SSSR count). The summed E-state index contributed by atoms with van der Waals surface area (Å²) in [4.78, 5) is 28.3. The third-order valence-corrected chi connectivity index (χ3v) is 8.04. The predicted octanol–water partition coefficient (Wildman–Crippen LogP) is 4.75. The number of halogens is 1. The fourth-order valence-corrected chi connectivity index (χ4v) is 5.62. The van der Waals surface area contributed by atoms with Gasteiger partial charge in [-0.15, -0.1) is 0 Å². The van der Waals surface area contributed by atoms with Crippen molar-refractivity contribution in [3.05, 3.63) is 90.2 Å². The van der Waals surface area contributed by atoms with Gasteiger partial charge < -0.3 is 15.0 Å². The summed E-state index contributed by atoms with van der Waals surface area (Å²) in [5.74, 6) is -0.897. The number of hydrogen-bond donors (Lipinski definition) is 1. The van der Waals surface area contributed by atoms with Gasteiger partial charge in [0.05, 0.1) is 17.2 Å². The van der Waals surface area contributed by atoms with Crippen LogP contribution >= 0.6 is 0 Å². The molecule has 0 aliphatic carbocycles. The molecule has 0 spiro atoms. The Balaban J connectivity index is 2.04. The van der Waals surface area contributed by atoms with Gasteiger partial charge in [-0.25, -0.2) is 12.8 Å². The molecule has 0 heterocycles. The summed E-state index contributed by atoms with van der Waals surface area (Å²) in [7, 11) is -4.29. The van der Waals surface area contributed by atoms with Gasteiger partial charge in [-0.2, -0.15) is 0 Å². The summed E-state index contributed by atoms with van der Waals surface area (Å²) in [5.41, 5.74) is 1.02. The second kappa shape index (κ2) is 14.5. The number of anilines is 1. The van der Waals surface area contributed by atoms with E-state index in [0.717, 1.165) is 40.6 Å². The molecule has 0 bridgehead atoms. The first-order chi connectivity index (χ1) is 19.2. The Morgan fingerprint density at radius 1 is 0.925 bits per heavy atom. The second-order valence-electron chi connectivity index (χ2n) is 9.11. The van der Waals surface area contributed by atoms with Crippen LogP contribution in [0.5, 0.6) is 5.75 Å². The Morgan fingerprint density at radius 3 is 2.15 bits per heavy atom. The molecule has 2 amide bonds. The van der Waals surface area contributed by atoms with E-state index in [1.165, 1.54) is 4.90 Å². The largest absolute Gasteiger partial charge is 0.494 e. The van der Waals surface area contributed by atoms with Crippen molar-refractivity contribution >= 4 is 27.5 Å². The molecule has 0 aliphatic heterocycles. The number of rotatable bonds is 14. The zero-order valence-corrected chi connectivity index (χ0v) is 23.9. The summed E-state index contributed by atoms with van der Waals surface area (Å²) in [6.45, 7) is 6.01. The van der Waals surface area contributed by atoms with Crippen molar-refractivity contribution in [1.82, 2.24) is 10.2 Å². The van der Waals surface area contributed by atoms with Crippen molar-refractivity contribution in [3.63, 3.8) is 0 Å². The lowest BCUT2D eigenvalue weighted by Crippen LogP contribution is -2.52. The number of hydrogen-bond acceptors (Lipinski definition) is 5. The molecule has 3 aromatic carbocycles. The van der Waals surface area contributed by atoms with Crippen LogP contribution < -0.4 is 14.4 Å². The SMILES string of the molecule is CCCNC(=O)C(CC)N(Cc1ccccc1)C(=O)CN(c1ccc(OCC)cc1)S(=O)(=O)c1ccc(F)cc1. The minimum Gasteiger partial charge on any atom is -0.494 e. The smallest absolute Gasteiger partial charge is 0.264 e. The fraction of sp³-hybridized carbons (Fsp3) is 0.333. The molecule has 1 N–H and O–H groups in total. The molecule has 0 aliphatic rings. The summed E-state index contributed by atoms with van der Waals surface area (Å²) in [5, 5.41) is 2.85. The van der Waals surface area contributed by atoms with Crippen LogP contribution in [-0.2, 0) is 26.2 Å². The Morgan fingerprint density at radius 2 is 1.57 bits per heavy atom. The van der Waals surface area contributed by atoms with E-state index in [-0.39, 0.29) is 23.0 Å². The van der Waals surface area contributed by atoms with Crippen LogP contribution in [0.3, 0.4) is 0 Å². The third-order valence-electron chi connectivity index (χ3n) is 6.25. The van der Waals surface area contributed by atoms with Gasteiger partial charge in [0.2, 0.25) is 11.8 Å². The lowest BCUT2D eigenvalue weighted by Gasteiger charge is -2.33. The highest BCUT2D eigenvalue weighted by atomic mass is 32.2. The molecule has 0 aromatic heterocycles. The van der Waals surface area contributed by atoms with Crippen LogP contribution in [0.2, 0.25) is 0 Å². The predicted molar refractivity (Wildman–Crippen MR) is 153 cm³/mol. The van der Waals surface area contributed by atoms with E-state index in [0.29, 0.717) is 25.3 Å². The summed E-state index contributed by atoms with van der Waals surface area (Å²) in [6.07, 6.45) is 1.07. The van der Waals surface area contributed by atoms with Crippen LogP contribution in [0, 0.1) is 5.82 Å². The maximum atomic E-state index is 14.0. The minimum atomic E-state index is -4.29. The highest BCUT2D eigenvalue weighted by molar-refractivity contribution is 7.92. The Bertz CT molecular complexity index is 1350. The molecule has 3 aromatic rings. The molecule has 214 valence electrons. The van der Waals surface area contributed by atoms with Crippen molar-refractivity contribution in [1.29, 1.82) is 0 Å². The van der Waals surface area contributed by atoms with Gasteiger partial charge in [-0.3, -0.25) is 13.9 Å². The molecule has 0 fully saturated rings. The van der Waals surface area contributed by atoms with E-state index >= 15 is 0 Å². The van der Waals surface area contributed by atoms with Crippen LogP contribution in [-0.4, -0.2) is 50.9 Å². The number of carbonyl (C=O) groups excluding carboxylic acids is 2. The number of nitrogens with one attached hydrogen (secondary N) is 1. The van der Waals surface area contributed by atoms with Crippen LogP contribution in [0.1, 0.15) is 39.2 Å². The first kappa shape index (κ1) is 30.6. The van der Waals surface area contributed by atoms with Crippen LogP contribution in [0.15, 0.2) is 83.8 Å². The number of nitrogens with zero attached hydrogens (tertiary/aromatic N) is 2. The second-order valence-corrected chi connectivity index (χ2v) is 11.0. The minimum absolute atomic E-state index is 0.117. The molecular formula is C30H36FN3O5S. The number of ether oxygens (including phenoxy) is 1. The zero-order valence-electron chi connectivity index (χ0n) is 23.0. The number of sulfonamides is 1. The maximum Gasteiger partial charge on any atom is 0.264 e. The average Bonchev–Trinajstić information content (AvgIpc) is 2.96. The van der Waals surface area contributed by atoms with Crippen LogP contribution in [0.25, 0.3) is 0 Å². The van der Waals surface area contributed by atoms with Crippen molar-refractivity contribution in [2.24, 2.45) is 0 Å². The molecule has 8 nitrogen and oxygen atoms in total. The highest BCUT2D eigenvalue weighted by Crippen LogP contribution is 2.27. The van der Waals surface area contributed by atoms with Gasteiger partial charge in [0.15, 0.2) is 0 Å². The first-order valence-corrected chi connectivity index (χ1v) is 14.8. The van der Waals surface area contributed by atoms with E-state index in [4.69, 9.17) is 4.74 Å². The van der Waals surface area contributed by atoms with Crippen molar-refractivity contribution < 1.29 is 27.1 Å². The summed E-state index contributed by atoms with van der Waals surface area (Å²) in [6, 6.07) is 19.1. The molecule has 0 saturated carbocycles. The normalized spacial score (nSPS) is 11.9. The van der Waals surface area contributed by atoms with Crippen molar-refractivity contribution in [2.75, 3.05) is 24.0 Å². The molecule has 0 radical (unpaired) electrons.